The summed E-state index contributed by atoms with van der Waals surface area (Å²) >= 11 is 3.84. The third-order valence-corrected chi connectivity index (χ3v) is 4.77. The number of benzene rings is 1. The summed E-state index contributed by atoms with van der Waals surface area (Å²) in [6.07, 6.45) is 3.51. The van der Waals surface area contributed by atoms with E-state index in [1.807, 2.05) is 0 Å². The lowest BCUT2D eigenvalue weighted by Gasteiger charge is -2.20. The molecular formula is C14H19BrO. The van der Waals surface area contributed by atoms with Gasteiger partial charge in [-0.1, -0.05) is 54.8 Å². The van der Waals surface area contributed by atoms with Crippen molar-refractivity contribution in [3.8, 4) is 5.75 Å². The molecular weight excluding hydrogens is 264 g/mol. The van der Waals surface area contributed by atoms with Gasteiger partial charge in [-0.05, 0) is 23.1 Å². The van der Waals surface area contributed by atoms with Crippen LogP contribution in [0.4, 0.5) is 0 Å². The molecule has 0 amide bonds. The highest BCUT2D eigenvalue weighted by Gasteiger charge is 2.20. The minimum Gasteiger partial charge on any atom is -0.493 e. The van der Waals surface area contributed by atoms with Crippen LogP contribution in [-0.2, 0) is 6.42 Å². The molecule has 2 heteroatoms. The van der Waals surface area contributed by atoms with Crippen LogP contribution in [0.2, 0.25) is 0 Å². The lowest BCUT2D eigenvalue weighted by atomic mass is 9.93. The second kappa shape index (κ2) is 5.22. The Morgan fingerprint density at radius 3 is 2.75 bits per heavy atom. The Labute approximate surface area is 106 Å². The number of ether oxygens (including phenoxy) is 1. The van der Waals surface area contributed by atoms with E-state index < -0.39 is 0 Å². The highest BCUT2D eigenvalue weighted by molar-refractivity contribution is 9.09. The number of rotatable bonds is 4. The molecule has 0 aliphatic carbocycles. The van der Waals surface area contributed by atoms with E-state index in [0.717, 1.165) is 24.7 Å². The predicted molar refractivity (Wildman–Crippen MR) is 71.4 cm³/mol. The predicted octanol–water partition coefficient (Wildman–Crippen LogP) is 4.49. The molecule has 2 rings (SSSR count). The second-order valence-corrected chi connectivity index (χ2v) is 5.43. The van der Waals surface area contributed by atoms with Crippen LogP contribution in [0.15, 0.2) is 18.2 Å². The molecule has 0 aromatic heterocycles. The Hall–Kier alpha value is -0.500. The van der Waals surface area contributed by atoms with Crippen LogP contribution in [0.3, 0.4) is 0 Å². The van der Waals surface area contributed by atoms with Crippen LogP contribution >= 0.6 is 15.9 Å². The van der Waals surface area contributed by atoms with E-state index in [4.69, 9.17) is 4.74 Å². The summed E-state index contributed by atoms with van der Waals surface area (Å²) in [6.45, 7) is 5.37. The van der Waals surface area contributed by atoms with Gasteiger partial charge >= 0.3 is 0 Å². The first kappa shape index (κ1) is 12.0. The highest BCUT2D eigenvalue weighted by atomic mass is 79.9. The zero-order valence-electron chi connectivity index (χ0n) is 10.0. The van der Waals surface area contributed by atoms with Crippen molar-refractivity contribution in [3.05, 3.63) is 29.3 Å². The van der Waals surface area contributed by atoms with Crippen LogP contribution in [0.25, 0.3) is 0 Å². The van der Waals surface area contributed by atoms with E-state index in [-0.39, 0.29) is 0 Å². The summed E-state index contributed by atoms with van der Waals surface area (Å²) in [5, 5.41) is 0. The second-order valence-electron chi connectivity index (χ2n) is 4.44. The molecule has 0 bridgehead atoms. The average molecular weight is 283 g/mol. The summed E-state index contributed by atoms with van der Waals surface area (Å²) in [5.74, 6) is 1.80. The van der Waals surface area contributed by atoms with Gasteiger partial charge in [-0.25, -0.2) is 0 Å². The summed E-state index contributed by atoms with van der Waals surface area (Å²) in [5.41, 5.74) is 2.77. The third kappa shape index (κ3) is 2.27. The van der Waals surface area contributed by atoms with Crippen LogP contribution in [0.1, 0.15) is 42.6 Å². The Kier molecular flexibility index (Phi) is 3.91. The average Bonchev–Trinajstić information content (AvgIpc) is 2.77. The highest BCUT2D eigenvalue weighted by Crippen LogP contribution is 2.37. The van der Waals surface area contributed by atoms with Crippen LogP contribution in [0.5, 0.6) is 5.75 Å². The number of alkyl halides is 1. The van der Waals surface area contributed by atoms with Crippen molar-refractivity contribution in [1.82, 2.24) is 0 Å². The topological polar surface area (TPSA) is 9.23 Å². The summed E-state index contributed by atoms with van der Waals surface area (Å²) in [7, 11) is 0. The van der Waals surface area contributed by atoms with Gasteiger partial charge in [0.2, 0.25) is 0 Å². The van der Waals surface area contributed by atoms with Crippen molar-refractivity contribution in [3.63, 3.8) is 0 Å². The number of halogens is 1. The van der Waals surface area contributed by atoms with E-state index in [1.54, 1.807) is 0 Å². The monoisotopic (exact) mass is 282 g/mol. The standard InChI is InChI=1S/C14H19BrO/c1-3-10(4-2)14(15)12-5-6-13-11(9-12)7-8-16-13/h5-6,9-10,14H,3-4,7-8H2,1-2H3. The first-order valence-electron chi connectivity index (χ1n) is 6.16. The van der Waals surface area contributed by atoms with Gasteiger partial charge in [0, 0.05) is 11.2 Å². The zero-order valence-corrected chi connectivity index (χ0v) is 11.6. The van der Waals surface area contributed by atoms with Gasteiger partial charge in [0.15, 0.2) is 0 Å². The number of hydrogen-bond donors (Lipinski definition) is 0. The maximum atomic E-state index is 5.53. The molecule has 1 nitrogen and oxygen atoms in total. The van der Waals surface area contributed by atoms with Gasteiger partial charge in [-0.3, -0.25) is 0 Å². The van der Waals surface area contributed by atoms with Crippen LogP contribution < -0.4 is 4.74 Å². The zero-order chi connectivity index (χ0) is 11.5. The van der Waals surface area contributed by atoms with Crippen LogP contribution in [-0.4, -0.2) is 6.61 Å². The molecule has 0 saturated carbocycles. The molecule has 1 aliphatic heterocycles. The molecule has 1 heterocycles. The van der Waals surface area contributed by atoms with Gasteiger partial charge < -0.3 is 4.74 Å². The van der Waals surface area contributed by atoms with E-state index in [1.165, 1.54) is 24.0 Å². The van der Waals surface area contributed by atoms with Crippen molar-refractivity contribution < 1.29 is 4.74 Å². The normalized spacial score (nSPS) is 16.0. The summed E-state index contributed by atoms with van der Waals surface area (Å²) in [4.78, 5) is 0.480. The summed E-state index contributed by atoms with van der Waals surface area (Å²) in [6, 6.07) is 6.62. The minimum absolute atomic E-state index is 0.480. The van der Waals surface area contributed by atoms with E-state index in [2.05, 4.69) is 48.0 Å². The Morgan fingerprint density at radius 1 is 1.31 bits per heavy atom. The molecule has 0 spiro atoms. The van der Waals surface area contributed by atoms with Crippen molar-refractivity contribution in [2.75, 3.05) is 6.61 Å². The van der Waals surface area contributed by atoms with Crippen molar-refractivity contribution in [2.45, 2.75) is 37.9 Å². The molecule has 1 aromatic carbocycles. The fourth-order valence-corrected chi connectivity index (χ4v) is 3.39. The van der Waals surface area contributed by atoms with Crippen molar-refractivity contribution in [1.29, 1.82) is 0 Å². The fraction of sp³-hybridized carbons (Fsp3) is 0.571. The summed E-state index contributed by atoms with van der Waals surface area (Å²) < 4.78 is 5.53. The van der Waals surface area contributed by atoms with E-state index >= 15 is 0 Å². The molecule has 1 atom stereocenters. The van der Waals surface area contributed by atoms with Crippen molar-refractivity contribution >= 4 is 15.9 Å². The third-order valence-electron chi connectivity index (χ3n) is 3.49. The molecule has 88 valence electrons. The molecule has 0 saturated heterocycles. The largest absolute Gasteiger partial charge is 0.493 e. The number of hydrogen-bond acceptors (Lipinski definition) is 1. The van der Waals surface area contributed by atoms with Gasteiger partial charge in [-0.15, -0.1) is 0 Å². The van der Waals surface area contributed by atoms with Crippen molar-refractivity contribution in [2.24, 2.45) is 5.92 Å². The SMILES string of the molecule is CCC(CC)C(Br)c1ccc2c(c1)CCO2. The van der Waals surface area contributed by atoms with E-state index in [0.29, 0.717) is 4.83 Å². The molecule has 0 N–H and O–H groups in total. The molecule has 0 fully saturated rings. The van der Waals surface area contributed by atoms with Gasteiger partial charge in [-0.2, -0.15) is 0 Å². The van der Waals surface area contributed by atoms with Gasteiger partial charge in [0.25, 0.3) is 0 Å². The maximum absolute atomic E-state index is 5.53. The first-order chi connectivity index (χ1) is 7.76. The maximum Gasteiger partial charge on any atom is 0.122 e. The Balaban J connectivity index is 2.20. The number of fused-ring (bicyclic) bond motifs is 1. The first-order valence-corrected chi connectivity index (χ1v) is 7.07. The van der Waals surface area contributed by atoms with Gasteiger partial charge in [0.1, 0.15) is 5.75 Å². The smallest absolute Gasteiger partial charge is 0.122 e. The molecule has 1 aliphatic rings. The van der Waals surface area contributed by atoms with Crippen LogP contribution in [0, 0.1) is 5.92 Å². The molecule has 1 aromatic rings. The lowest BCUT2D eigenvalue weighted by Crippen LogP contribution is -2.05. The Bertz CT molecular complexity index is 358. The minimum atomic E-state index is 0.480. The molecule has 16 heavy (non-hydrogen) atoms. The Morgan fingerprint density at radius 2 is 2.06 bits per heavy atom. The molecule has 1 unspecified atom stereocenters. The quantitative estimate of drug-likeness (QED) is 0.739. The lowest BCUT2D eigenvalue weighted by molar-refractivity contribution is 0.356. The van der Waals surface area contributed by atoms with E-state index in [9.17, 15) is 0 Å². The molecule has 0 radical (unpaired) electrons. The van der Waals surface area contributed by atoms with Gasteiger partial charge in [0.05, 0.1) is 6.61 Å². The fourth-order valence-electron chi connectivity index (χ4n) is 2.35.